The van der Waals surface area contributed by atoms with Gasteiger partial charge in [-0.05, 0) is 71.6 Å². The molecule has 3 atom stereocenters. The largest absolute Gasteiger partial charge is 0.394 e. The standard InChI is InChI=1S/C14H17BrClNO/c15-12-6-11(3-4-13(12)16)17-14(8-18)7-9-1-2-10(14)5-9/h3-4,6,9-10,17-18H,1-2,5,7-8H2. The van der Waals surface area contributed by atoms with E-state index in [0.717, 1.165) is 22.5 Å². The van der Waals surface area contributed by atoms with Crippen LogP contribution in [0.4, 0.5) is 5.69 Å². The van der Waals surface area contributed by atoms with Gasteiger partial charge in [0.05, 0.1) is 17.2 Å². The summed E-state index contributed by atoms with van der Waals surface area (Å²) >= 11 is 9.45. The molecule has 0 amide bonds. The zero-order valence-electron chi connectivity index (χ0n) is 10.1. The first-order valence-electron chi connectivity index (χ1n) is 6.47. The molecule has 2 aliphatic rings. The van der Waals surface area contributed by atoms with Gasteiger partial charge in [0, 0.05) is 10.2 Å². The van der Waals surface area contributed by atoms with Crippen LogP contribution in [0, 0.1) is 11.8 Å². The molecule has 98 valence electrons. The summed E-state index contributed by atoms with van der Waals surface area (Å²) in [6.07, 6.45) is 4.93. The first-order valence-corrected chi connectivity index (χ1v) is 7.64. The van der Waals surface area contributed by atoms with Crippen molar-refractivity contribution >= 4 is 33.2 Å². The van der Waals surface area contributed by atoms with Crippen molar-refractivity contribution < 1.29 is 5.11 Å². The summed E-state index contributed by atoms with van der Waals surface area (Å²) in [7, 11) is 0. The van der Waals surface area contributed by atoms with Crippen LogP contribution >= 0.6 is 27.5 Å². The first-order chi connectivity index (χ1) is 8.63. The lowest BCUT2D eigenvalue weighted by molar-refractivity contribution is 0.159. The normalized spacial score (nSPS) is 33.9. The van der Waals surface area contributed by atoms with E-state index in [-0.39, 0.29) is 12.1 Å². The molecule has 3 unspecified atom stereocenters. The van der Waals surface area contributed by atoms with Crippen molar-refractivity contribution in [2.45, 2.75) is 31.2 Å². The minimum absolute atomic E-state index is 0.115. The molecule has 0 saturated heterocycles. The fourth-order valence-electron chi connectivity index (χ4n) is 3.69. The third-order valence-electron chi connectivity index (χ3n) is 4.57. The van der Waals surface area contributed by atoms with Crippen molar-refractivity contribution in [2.24, 2.45) is 11.8 Å². The summed E-state index contributed by atoms with van der Waals surface area (Å²) in [5.41, 5.74) is 0.920. The maximum absolute atomic E-state index is 9.82. The van der Waals surface area contributed by atoms with Crippen LogP contribution < -0.4 is 5.32 Å². The second-order valence-corrected chi connectivity index (χ2v) is 6.91. The Balaban J connectivity index is 1.84. The van der Waals surface area contributed by atoms with Crippen LogP contribution in [-0.4, -0.2) is 17.3 Å². The second kappa shape index (κ2) is 4.69. The predicted molar refractivity (Wildman–Crippen MR) is 78.0 cm³/mol. The van der Waals surface area contributed by atoms with Gasteiger partial charge in [0.1, 0.15) is 0 Å². The lowest BCUT2D eigenvalue weighted by Gasteiger charge is -2.38. The summed E-state index contributed by atoms with van der Waals surface area (Å²) in [6, 6.07) is 5.86. The van der Waals surface area contributed by atoms with Crippen LogP contribution in [-0.2, 0) is 0 Å². The summed E-state index contributed by atoms with van der Waals surface area (Å²) in [5.74, 6) is 1.41. The molecular formula is C14H17BrClNO. The van der Waals surface area contributed by atoms with E-state index in [1.165, 1.54) is 19.3 Å². The number of fused-ring (bicyclic) bond motifs is 2. The maximum Gasteiger partial charge on any atom is 0.0664 e. The van der Waals surface area contributed by atoms with Gasteiger partial charge < -0.3 is 10.4 Å². The number of aliphatic hydroxyl groups is 1. The molecule has 0 aromatic heterocycles. The van der Waals surface area contributed by atoms with Gasteiger partial charge >= 0.3 is 0 Å². The minimum atomic E-state index is -0.115. The lowest BCUT2D eigenvalue weighted by Crippen LogP contribution is -2.46. The number of benzene rings is 1. The number of hydrogen-bond acceptors (Lipinski definition) is 2. The van der Waals surface area contributed by atoms with Crippen LogP contribution in [0.1, 0.15) is 25.7 Å². The number of halogens is 2. The molecule has 2 N–H and O–H groups in total. The third kappa shape index (κ3) is 2.06. The summed E-state index contributed by atoms with van der Waals surface area (Å²) in [5, 5.41) is 14.1. The molecule has 2 bridgehead atoms. The Bertz CT molecular complexity index is 467. The molecule has 0 heterocycles. The molecule has 0 radical (unpaired) electrons. The molecule has 3 rings (SSSR count). The average molecular weight is 331 g/mol. The van der Waals surface area contributed by atoms with Crippen molar-refractivity contribution in [1.29, 1.82) is 0 Å². The van der Waals surface area contributed by atoms with Crippen molar-refractivity contribution in [1.82, 2.24) is 0 Å². The summed E-state index contributed by atoms with van der Waals surface area (Å²) < 4.78 is 0.894. The van der Waals surface area contributed by atoms with Crippen LogP contribution in [0.15, 0.2) is 22.7 Å². The summed E-state index contributed by atoms with van der Waals surface area (Å²) in [4.78, 5) is 0. The van der Waals surface area contributed by atoms with Crippen LogP contribution in [0.3, 0.4) is 0 Å². The highest BCUT2D eigenvalue weighted by Crippen LogP contribution is 2.52. The molecule has 2 nitrogen and oxygen atoms in total. The zero-order valence-corrected chi connectivity index (χ0v) is 12.5. The van der Waals surface area contributed by atoms with E-state index in [1.807, 2.05) is 18.2 Å². The molecule has 4 heteroatoms. The fourth-order valence-corrected chi connectivity index (χ4v) is 4.19. The predicted octanol–water partition coefficient (Wildman–Crippen LogP) is 4.07. The van der Waals surface area contributed by atoms with E-state index in [4.69, 9.17) is 11.6 Å². The van der Waals surface area contributed by atoms with E-state index in [1.54, 1.807) is 0 Å². The van der Waals surface area contributed by atoms with Crippen molar-refractivity contribution in [2.75, 3.05) is 11.9 Å². The highest BCUT2D eigenvalue weighted by Gasteiger charge is 2.50. The van der Waals surface area contributed by atoms with Gasteiger partial charge in [0.15, 0.2) is 0 Å². The average Bonchev–Trinajstić information content (AvgIpc) is 2.94. The Kier molecular flexibility index (Phi) is 3.33. The number of aliphatic hydroxyl groups excluding tert-OH is 1. The van der Waals surface area contributed by atoms with Gasteiger partial charge in [-0.3, -0.25) is 0 Å². The molecule has 18 heavy (non-hydrogen) atoms. The number of hydrogen-bond donors (Lipinski definition) is 2. The van der Waals surface area contributed by atoms with Gasteiger partial charge in [0.25, 0.3) is 0 Å². The Morgan fingerprint density at radius 1 is 1.44 bits per heavy atom. The van der Waals surface area contributed by atoms with Crippen LogP contribution in [0.5, 0.6) is 0 Å². The zero-order chi connectivity index (χ0) is 12.8. The number of rotatable bonds is 3. The maximum atomic E-state index is 9.82. The quantitative estimate of drug-likeness (QED) is 0.876. The Hall–Kier alpha value is -0.250. The van der Waals surface area contributed by atoms with E-state index in [2.05, 4.69) is 21.2 Å². The highest BCUT2D eigenvalue weighted by atomic mass is 79.9. The number of nitrogens with one attached hydrogen (secondary N) is 1. The molecule has 0 spiro atoms. The Labute approximate surface area is 121 Å². The molecule has 0 aliphatic heterocycles. The Morgan fingerprint density at radius 3 is 2.83 bits per heavy atom. The second-order valence-electron chi connectivity index (χ2n) is 5.65. The molecular weight excluding hydrogens is 314 g/mol. The van der Waals surface area contributed by atoms with Gasteiger partial charge in [0.2, 0.25) is 0 Å². The monoisotopic (exact) mass is 329 g/mol. The smallest absolute Gasteiger partial charge is 0.0664 e. The van der Waals surface area contributed by atoms with Crippen LogP contribution in [0.25, 0.3) is 0 Å². The van der Waals surface area contributed by atoms with Crippen molar-refractivity contribution in [3.63, 3.8) is 0 Å². The minimum Gasteiger partial charge on any atom is -0.394 e. The molecule has 2 fully saturated rings. The van der Waals surface area contributed by atoms with E-state index in [9.17, 15) is 5.11 Å². The topological polar surface area (TPSA) is 32.3 Å². The molecule has 1 aromatic rings. The highest BCUT2D eigenvalue weighted by molar-refractivity contribution is 9.10. The van der Waals surface area contributed by atoms with Gasteiger partial charge in [-0.15, -0.1) is 0 Å². The van der Waals surface area contributed by atoms with E-state index in [0.29, 0.717) is 10.9 Å². The molecule has 2 aliphatic carbocycles. The van der Waals surface area contributed by atoms with Crippen molar-refractivity contribution in [3.8, 4) is 0 Å². The van der Waals surface area contributed by atoms with Crippen molar-refractivity contribution in [3.05, 3.63) is 27.7 Å². The summed E-state index contributed by atoms with van der Waals surface area (Å²) in [6.45, 7) is 0.217. The molecule has 2 saturated carbocycles. The lowest BCUT2D eigenvalue weighted by atomic mass is 9.81. The first kappa shape index (κ1) is 12.8. The fraction of sp³-hybridized carbons (Fsp3) is 0.571. The third-order valence-corrected chi connectivity index (χ3v) is 5.78. The van der Waals surface area contributed by atoms with Gasteiger partial charge in [-0.1, -0.05) is 11.6 Å². The molecule has 1 aromatic carbocycles. The van der Waals surface area contributed by atoms with E-state index >= 15 is 0 Å². The van der Waals surface area contributed by atoms with Gasteiger partial charge in [-0.25, -0.2) is 0 Å². The SMILES string of the molecule is OCC1(Nc2ccc(Cl)c(Br)c2)CC2CCC1C2. The number of anilines is 1. The Morgan fingerprint density at radius 2 is 2.28 bits per heavy atom. The van der Waals surface area contributed by atoms with E-state index < -0.39 is 0 Å². The van der Waals surface area contributed by atoms with Crippen LogP contribution in [0.2, 0.25) is 5.02 Å². The van der Waals surface area contributed by atoms with Gasteiger partial charge in [-0.2, -0.15) is 0 Å².